The SMILES string of the molecule is CNCc1cc(S(=O)(=O)N(C)C2CCC2)c(C)o1. The van der Waals surface area contributed by atoms with Crippen molar-refractivity contribution in [3.05, 3.63) is 17.6 Å². The van der Waals surface area contributed by atoms with Gasteiger partial charge in [-0.05, 0) is 26.8 Å². The maximum absolute atomic E-state index is 12.5. The van der Waals surface area contributed by atoms with Crippen molar-refractivity contribution in [1.82, 2.24) is 9.62 Å². The number of rotatable bonds is 5. The van der Waals surface area contributed by atoms with Crippen molar-refractivity contribution >= 4 is 10.0 Å². The van der Waals surface area contributed by atoms with Crippen LogP contribution in [0.3, 0.4) is 0 Å². The van der Waals surface area contributed by atoms with Crippen LogP contribution in [0, 0.1) is 6.92 Å². The molecule has 0 bridgehead atoms. The van der Waals surface area contributed by atoms with Crippen LogP contribution in [0.4, 0.5) is 0 Å². The summed E-state index contributed by atoms with van der Waals surface area (Å²) in [6.45, 7) is 2.23. The van der Waals surface area contributed by atoms with E-state index in [9.17, 15) is 8.42 Å². The van der Waals surface area contributed by atoms with E-state index in [0.29, 0.717) is 23.0 Å². The summed E-state index contributed by atoms with van der Waals surface area (Å²) >= 11 is 0. The van der Waals surface area contributed by atoms with Crippen LogP contribution < -0.4 is 5.32 Å². The van der Waals surface area contributed by atoms with Crippen molar-refractivity contribution in [3.8, 4) is 0 Å². The van der Waals surface area contributed by atoms with Crippen molar-refractivity contribution in [3.63, 3.8) is 0 Å². The summed E-state index contributed by atoms with van der Waals surface area (Å²) in [7, 11) is 0.0388. The second-order valence-corrected chi connectivity index (χ2v) is 6.74. The summed E-state index contributed by atoms with van der Waals surface area (Å²) in [5.74, 6) is 1.11. The number of nitrogens with zero attached hydrogens (tertiary/aromatic N) is 1. The molecule has 5 nitrogen and oxygen atoms in total. The van der Waals surface area contributed by atoms with Crippen molar-refractivity contribution in [2.24, 2.45) is 0 Å². The van der Waals surface area contributed by atoms with Gasteiger partial charge in [-0.15, -0.1) is 0 Å². The highest BCUT2D eigenvalue weighted by Gasteiger charge is 2.33. The highest BCUT2D eigenvalue weighted by Crippen LogP contribution is 2.30. The van der Waals surface area contributed by atoms with Gasteiger partial charge in [0, 0.05) is 19.2 Å². The molecular formula is C12H20N2O3S. The lowest BCUT2D eigenvalue weighted by molar-refractivity contribution is 0.249. The molecule has 2 rings (SSSR count). The van der Waals surface area contributed by atoms with Gasteiger partial charge in [-0.1, -0.05) is 6.42 Å². The molecule has 0 aliphatic heterocycles. The summed E-state index contributed by atoms with van der Waals surface area (Å²) in [4.78, 5) is 0.294. The lowest BCUT2D eigenvalue weighted by Crippen LogP contribution is -2.41. The largest absolute Gasteiger partial charge is 0.464 e. The fourth-order valence-electron chi connectivity index (χ4n) is 2.14. The zero-order valence-electron chi connectivity index (χ0n) is 11.1. The summed E-state index contributed by atoms with van der Waals surface area (Å²) < 4.78 is 31.8. The first-order chi connectivity index (χ1) is 8.46. The molecule has 1 aliphatic carbocycles. The smallest absolute Gasteiger partial charge is 0.246 e. The van der Waals surface area contributed by atoms with Crippen molar-refractivity contribution < 1.29 is 12.8 Å². The van der Waals surface area contributed by atoms with Gasteiger partial charge in [-0.25, -0.2) is 8.42 Å². The van der Waals surface area contributed by atoms with E-state index < -0.39 is 10.0 Å². The summed E-state index contributed by atoms with van der Waals surface area (Å²) in [5, 5.41) is 2.95. The number of hydrogen-bond donors (Lipinski definition) is 1. The first-order valence-corrected chi connectivity index (χ1v) is 7.62. The highest BCUT2D eigenvalue weighted by molar-refractivity contribution is 7.89. The fraction of sp³-hybridized carbons (Fsp3) is 0.667. The highest BCUT2D eigenvalue weighted by atomic mass is 32.2. The Morgan fingerprint density at radius 1 is 1.50 bits per heavy atom. The number of aryl methyl sites for hydroxylation is 1. The predicted molar refractivity (Wildman–Crippen MR) is 68.8 cm³/mol. The van der Waals surface area contributed by atoms with Gasteiger partial charge in [0.15, 0.2) is 0 Å². The molecule has 0 unspecified atom stereocenters. The Morgan fingerprint density at radius 3 is 2.67 bits per heavy atom. The van der Waals surface area contributed by atoms with E-state index in [1.807, 2.05) is 0 Å². The molecule has 1 aliphatic rings. The molecule has 1 N–H and O–H groups in total. The quantitative estimate of drug-likeness (QED) is 0.882. The Hall–Kier alpha value is -0.850. The lowest BCUT2D eigenvalue weighted by atomic mass is 9.94. The zero-order valence-corrected chi connectivity index (χ0v) is 11.9. The molecule has 1 fully saturated rings. The van der Waals surface area contributed by atoms with E-state index in [1.165, 1.54) is 4.31 Å². The Balaban J connectivity index is 2.28. The number of sulfonamides is 1. The monoisotopic (exact) mass is 272 g/mol. The maximum Gasteiger partial charge on any atom is 0.246 e. The summed E-state index contributed by atoms with van der Waals surface area (Å²) in [6, 6.07) is 1.77. The van der Waals surface area contributed by atoms with Crippen LogP contribution in [-0.2, 0) is 16.6 Å². The molecule has 0 saturated heterocycles. The molecule has 0 aromatic carbocycles. The minimum absolute atomic E-state index is 0.150. The first kappa shape index (κ1) is 13.6. The van der Waals surface area contributed by atoms with E-state index >= 15 is 0 Å². The molecule has 1 aromatic heterocycles. The van der Waals surface area contributed by atoms with E-state index in [0.717, 1.165) is 19.3 Å². The fourth-order valence-corrected chi connectivity index (χ4v) is 3.74. The third-order valence-electron chi connectivity index (χ3n) is 3.52. The van der Waals surface area contributed by atoms with E-state index in [2.05, 4.69) is 5.32 Å². The molecule has 0 atom stereocenters. The van der Waals surface area contributed by atoms with Gasteiger partial charge in [0.05, 0.1) is 6.54 Å². The van der Waals surface area contributed by atoms with Gasteiger partial charge >= 0.3 is 0 Å². The molecule has 0 spiro atoms. The third-order valence-corrected chi connectivity index (χ3v) is 5.54. The van der Waals surface area contributed by atoms with Crippen molar-refractivity contribution in [2.45, 2.75) is 43.7 Å². The van der Waals surface area contributed by atoms with Crippen molar-refractivity contribution in [2.75, 3.05) is 14.1 Å². The van der Waals surface area contributed by atoms with Crippen LogP contribution in [0.25, 0.3) is 0 Å². The molecule has 1 heterocycles. The topological polar surface area (TPSA) is 62.6 Å². The number of hydrogen-bond acceptors (Lipinski definition) is 4. The predicted octanol–water partition coefficient (Wildman–Crippen LogP) is 1.48. The first-order valence-electron chi connectivity index (χ1n) is 6.18. The van der Waals surface area contributed by atoms with Gasteiger partial charge in [-0.2, -0.15) is 4.31 Å². The van der Waals surface area contributed by atoms with E-state index in [-0.39, 0.29) is 6.04 Å². The lowest BCUT2D eigenvalue weighted by Gasteiger charge is -2.33. The second kappa shape index (κ2) is 5.03. The van der Waals surface area contributed by atoms with Crippen LogP contribution in [0.15, 0.2) is 15.4 Å². The van der Waals surface area contributed by atoms with Gasteiger partial charge < -0.3 is 9.73 Å². The standard InChI is InChI=1S/C12H20N2O3S/c1-9-12(7-11(17-9)8-13-2)18(15,16)14(3)10-5-4-6-10/h7,10,13H,4-6,8H2,1-3H3. The molecule has 6 heteroatoms. The maximum atomic E-state index is 12.5. The minimum atomic E-state index is -3.42. The molecule has 1 aromatic rings. The molecule has 18 heavy (non-hydrogen) atoms. The minimum Gasteiger partial charge on any atom is -0.464 e. The van der Waals surface area contributed by atoms with E-state index in [4.69, 9.17) is 4.42 Å². The third kappa shape index (κ3) is 2.32. The van der Waals surface area contributed by atoms with Gasteiger partial charge in [0.25, 0.3) is 0 Å². The zero-order chi connectivity index (χ0) is 13.3. The second-order valence-electron chi connectivity index (χ2n) is 4.77. The average Bonchev–Trinajstić information content (AvgIpc) is 2.58. The Labute approximate surface area is 108 Å². The number of nitrogens with one attached hydrogen (secondary N) is 1. The Morgan fingerprint density at radius 2 is 2.17 bits per heavy atom. The normalized spacial score (nSPS) is 17.1. The Kier molecular flexibility index (Phi) is 3.79. The Bertz CT molecular complexity index is 517. The molecular weight excluding hydrogens is 252 g/mol. The van der Waals surface area contributed by atoms with Crippen LogP contribution in [0.1, 0.15) is 30.8 Å². The molecule has 102 valence electrons. The molecule has 0 radical (unpaired) electrons. The molecule has 0 amide bonds. The summed E-state index contributed by atoms with van der Waals surface area (Å²) in [5.41, 5.74) is 0. The van der Waals surface area contributed by atoms with Gasteiger partial charge in [0.2, 0.25) is 10.0 Å². The van der Waals surface area contributed by atoms with Crippen molar-refractivity contribution in [1.29, 1.82) is 0 Å². The van der Waals surface area contributed by atoms with Gasteiger partial charge in [0.1, 0.15) is 16.4 Å². The van der Waals surface area contributed by atoms with Crippen LogP contribution in [0.2, 0.25) is 0 Å². The van der Waals surface area contributed by atoms with Crippen LogP contribution >= 0.6 is 0 Å². The average molecular weight is 272 g/mol. The summed E-state index contributed by atoms with van der Waals surface area (Å²) in [6.07, 6.45) is 3.02. The molecule has 1 saturated carbocycles. The van der Waals surface area contributed by atoms with Crippen LogP contribution in [-0.4, -0.2) is 32.9 Å². The number of furan rings is 1. The van der Waals surface area contributed by atoms with Gasteiger partial charge in [-0.3, -0.25) is 0 Å². The van der Waals surface area contributed by atoms with Crippen LogP contribution in [0.5, 0.6) is 0 Å². The van der Waals surface area contributed by atoms with E-state index in [1.54, 1.807) is 27.1 Å².